The molecule has 0 saturated heterocycles. The van der Waals surface area contributed by atoms with E-state index in [1.165, 1.54) is 32.7 Å². The van der Waals surface area contributed by atoms with Gasteiger partial charge in [0.15, 0.2) is 0 Å². The molecule has 0 atom stereocenters. The van der Waals surface area contributed by atoms with Crippen LogP contribution in [0.25, 0.3) is 27.1 Å². The zero-order valence-electron chi connectivity index (χ0n) is 11.3. The van der Waals surface area contributed by atoms with E-state index < -0.39 is 0 Å². The molecule has 21 heavy (non-hydrogen) atoms. The molecular weight excluding hydrogens is 378 g/mol. The van der Waals surface area contributed by atoms with E-state index in [1.54, 1.807) is 0 Å². The summed E-state index contributed by atoms with van der Waals surface area (Å²) < 4.78 is 0. The van der Waals surface area contributed by atoms with Crippen molar-refractivity contribution in [2.75, 3.05) is 0 Å². The molecule has 1 radical (unpaired) electrons. The average Bonchev–Trinajstić information content (AvgIpc) is 3.05. The van der Waals surface area contributed by atoms with Gasteiger partial charge < -0.3 is 24.8 Å². The summed E-state index contributed by atoms with van der Waals surface area (Å²) in [5.74, 6) is 0. The van der Waals surface area contributed by atoms with Gasteiger partial charge >= 0.3 is 26.2 Å². The molecule has 1 aliphatic carbocycles. The summed E-state index contributed by atoms with van der Waals surface area (Å²) in [4.78, 5) is 0. The van der Waals surface area contributed by atoms with Crippen molar-refractivity contribution in [2.45, 2.75) is 6.42 Å². The van der Waals surface area contributed by atoms with E-state index in [0.717, 1.165) is 6.42 Å². The fourth-order valence-electron chi connectivity index (χ4n) is 2.91. The molecule has 3 heteroatoms. The quantitative estimate of drug-likeness (QED) is 0.470. The molecule has 0 unspecified atom stereocenters. The zero-order chi connectivity index (χ0) is 11.9. The third kappa shape index (κ3) is 3.06. The van der Waals surface area contributed by atoms with E-state index in [2.05, 4.69) is 66.8 Å². The fourth-order valence-corrected chi connectivity index (χ4v) is 2.91. The molecule has 0 aromatic heterocycles. The van der Waals surface area contributed by atoms with Gasteiger partial charge in [-0.3, -0.25) is 0 Å². The first-order valence-corrected chi connectivity index (χ1v) is 6.37. The Kier molecular flexibility index (Phi) is 6.53. The van der Waals surface area contributed by atoms with Gasteiger partial charge in [0.2, 0.25) is 0 Å². The molecule has 0 spiro atoms. The van der Waals surface area contributed by atoms with E-state index in [9.17, 15) is 0 Å². The van der Waals surface area contributed by atoms with Crippen LogP contribution in [-0.4, -0.2) is 0 Å². The molecule has 0 amide bonds. The van der Waals surface area contributed by atoms with Crippen LogP contribution in [0.15, 0.2) is 66.8 Å². The number of hydrogen-bond acceptors (Lipinski definition) is 0. The Labute approximate surface area is 156 Å². The fraction of sp³-hybridized carbons (Fsp3) is 0.0556. The van der Waals surface area contributed by atoms with Crippen molar-refractivity contribution in [3.8, 4) is 0 Å². The maximum Gasteiger partial charge on any atom is 3.00 e. The van der Waals surface area contributed by atoms with E-state index in [-0.39, 0.29) is 51.0 Å². The van der Waals surface area contributed by atoms with Gasteiger partial charge in [-0.25, -0.2) is 0 Å². The maximum atomic E-state index is 2.32. The van der Waals surface area contributed by atoms with Crippen molar-refractivity contribution in [3.63, 3.8) is 0 Å². The van der Waals surface area contributed by atoms with Gasteiger partial charge in [-0.15, -0.1) is 33.7 Å². The Morgan fingerprint density at radius 1 is 0.857 bits per heavy atom. The van der Waals surface area contributed by atoms with Crippen LogP contribution in [0.2, 0.25) is 0 Å². The first-order chi connectivity index (χ1) is 8.93. The second-order valence-electron chi connectivity index (χ2n) is 4.82. The van der Waals surface area contributed by atoms with Gasteiger partial charge in [0, 0.05) is 0 Å². The Balaban J connectivity index is 0.000000735. The van der Waals surface area contributed by atoms with Gasteiger partial charge in [-0.2, -0.15) is 0 Å². The number of benzene rings is 2. The molecule has 0 fully saturated rings. The van der Waals surface area contributed by atoms with E-state index >= 15 is 0 Å². The third-order valence-corrected chi connectivity index (χ3v) is 3.77. The molecule has 0 nitrogen and oxygen atoms in total. The maximum absolute atomic E-state index is 2.32. The Bertz CT molecular complexity index is 812. The largest absolute Gasteiger partial charge is 3.00 e. The normalized spacial score (nSPS) is 12.5. The van der Waals surface area contributed by atoms with Gasteiger partial charge in [-0.1, -0.05) is 65.8 Å². The van der Waals surface area contributed by atoms with Crippen LogP contribution in [0.3, 0.4) is 0 Å². The van der Waals surface area contributed by atoms with E-state index in [1.807, 2.05) is 0 Å². The molecule has 1 aliphatic rings. The van der Waals surface area contributed by atoms with Crippen LogP contribution in [0.5, 0.6) is 0 Å². The van der Waals surface area contributed by atoms with Crippen LogP contribution >= 0.6 is 0 Å². The first kappa shape index (κ1) is 18.3. The van der Waals surface area contributed by atoms with E-state index in [4.69, 9.17) is 0 Å². The van der Waals surface area contributed by atoms with Crippen molar-refractivity contribution < 1.29 is 51.0 Å². The standard InChI is InChI=1S/C18H13.2ClH.Zr/c1-2-7-13(6-1)15-10-5-11-17-16-9-4-3-8-14(16)12-18(15)17;;;/h1-6,8-12H,7H2;2*1H;/q-1;;;+3/p-2. The summed E-state index contributed by atoms with van der Waals surface area (Å²) in [5, 5.41) is 5.46. The van der Waals surface area contributed by atoms with Crippen molar-refractivity contribution in [2.24, 2.45) is 0 Å². The predicted octanol–water partition coefficient (Wildman–Crippen LogP) is -0.939. The molecule has 0 heterocycles. The molecule has 0 N–H and O–H groups in total. The molecule has 0 saturated carbocycles. The van der Waals surface area contributed by atoms with Crippen LogP contribution in [-0.2, 0) is 26.2 Å². The Morgan fingerprint density at radius 3 is 2.38 bits per heavy atom. The summed E-state index contributed by atoms with van der Waals surface area (Å²) in [5.41, 5.74) is 2.81. The van der Waals surface area contributed by atoms with E-state index in [0.29, 0.717) is 0 Å². The van der Waals surface area contributed by atoms with Crippen LogP contribution in [0, 0.1) is 0 Å². The Morgan fingerprint density at radius 2 is 1.62 bits per heavy atom. The van der Waals surface area contributed by atoms with Crippen molar-refractivity contribution in [1.29, 1.82) is 0 Å². The Hall–Kier alpha value is -0.747. The third-order valence-electron chi connectivity index (χ3n) is 3.77. The smallest absolute Gasteiger partial charge is 1.00 e. The van der Waals surface area contributed by atoms with Crippen LogP contribution in [0.1, 0.15) is 12.0 Å². The molecular formula is C18H13Cl2Zr. The monoisotopic (exact) mass is 389 g/mol. The topological polar surface area (TPSA) is 0 Å². The molecule has 3 aromatic rings. The summed E-state index contributed by atoms with van der Waals surface area (Å²) in [6.07, 6.45) is 7.65. The summed E-state index contributed by atoms with van der Waals surface area (Å²) >= 11 is 0. The van der Waals surface area contributed by atoms with Gasteiger partial charge in [-0.05, 0) is 6.42 Å². The number of rotatable bonds is 1. The molecule has 0 bridgehead atoms. The minimum Gasteiger partial charge on any atom is -1.00 e. The minimum absolute atomic E-state index is 0. The summed E-state index contributed by atoms with van der Waals surface area (Å²) in [6.45, 7) is 0. The van der Waals surface area contributed by atoms with Crippen molar-refractivity contribution in [3.05, 3.63) is 72.3 Å². The van der Waals surface area contributed by atoms with Gasteiger partial charge in [0.25, 0.3) is 0 Å². The second kappa shape index (κ2) is 7.50. The molecule has 4 rings (SSSR count). The number of allylic oxidation sites excluding steroid dienone is 4. The molecule has 3 aromatic carbocycles. The number of halogens is 2. The molecule has 103 valence electrons. The predicted molar refractivity (Wildman–Crippen MR) is 78.8 cm³/mol. The first-order valence-electron chi connectivity index (χ1n) is 6.37. The van der Waals surface area contributed by atoms with Gasteiger partial charge in [0.1, 0.15) is 0 Å². The average molecular weight is 391 g/mol. The second-order valence-corrected chi connectivity index (χ2v) is 4.82. The van der Waals surface area contributed by atoms with Crippen LogP contribution < -0.4 is 24.8 Å². The van der Waals surface area contributed by atoms with Crippen molar-refractivity contribution in [1.82, 2.24) is 0 Å². The SMILES string of the molecule is C1=CCC(c2cccc3c2[cH-]c2ccccc23)=C1.[Cl-].[Cl-].[Zr+3]. The number of fused-ring (bicyclic) bond motifs is 3. The summed E-state index contributed by atoms with van der Waals surface area (Å²) in [7, 11) is 0. The number of hydrogen-bond donors (Lipinski definition) is 0. The van der Waals surface area contributed by atoms with Crippen molar-refractivity contribution >= 4 is 27.1 Å². The molecule has 0 aliphatic heterocycles. The van der Waals surface area contributed by atoms with Crippen LogP contribution in [0.4, 0.5) is 0 Å². The summed E-state index contributed by atoms with van der Waals surface area (Å²) in [6, 6.07) is 17.6. The zero-order valence-corrected chi connectivity index (χ0v) is 15.3. The van der Waals surface area contributed by atoms with Gasteiger partial charge in [0.05, 0.1) is 0 Å². The minimum atomic E-state index is 0.